The largest absolute Gasteiger partial charge is 0.481 e. The second kappa shape index (κ2) is 9.74. The summed E-state index contributed by atoms with van der Waals surface area (Å²) in [6.07, 6.45) is 1.02. The van der Waals surface area contributed by atoms with Crippen LogP contribution in [0.4, 0.5) is 0 Å². The molecule has 156 valence electrons. The van der Waals surface area contributed by atoms with Crippen LogP contribution in [0.2, 0.25) is 5.02 Å². The summed E-state index contributed by atoms with van der Waals surface area (Å²) in [5.74, 6) is -1.26. The lowest BCUT2D eigenvalue weighted by Crippen LogP contribution is -2.30. The van der Waals surface area contributed by atoms with Crippen molar-refractivity contribution in [3.8, 4) is 23.1 Å². The highest BCUT2D eigenvalue weighted by Crippen LogP contribution is 2.30. The van der Waals surface area contributed by atoms with Crippen molar-refractivity contribution in [2.45, 2.75) is 12.5 Å². The number of nitrogens with zero attached hydrogens (tertiary/aromatic N) is 2. The van der Waals surface area contributed by atoms with Crippen molar-refractivity contribution in [3.63, 3.8) is 0 Å². The Balaban J connectivity index is 1.93. The number of aliphatic carboxylic acids is 1. The van der Waals surface area contributed by atoms with Gasteiger partial charge in [0.05, 0.1) is 36.8 Å². The van der Waals surface area contributed by atoms with Gasteiger partial charge in [0, 0.05) is 16.8 Å². The number of amides is 1. The van der Waals surface area contributed by atoms with Gasteiger partial charge in [-0.25, -0.2) is 4.98 Å². The standard InChI is InChI=1S/C23H18ClN3O4/c1-31-23-18(15-8-6-14(12-25)7-9-15)10-16(13-26-23)22(30)27-20(11-21(28)29)17-4-2-3-5-19(17)24/h2-10,13,20H,11H2,1H3,(H,27,30)(H,28,29)/t20-/m0/s1. The van der Waals surface area contributed by atoms with Crippen molar-refractivity contribution in [1.82, 2.24) is 10.3 Å². The van der Waals surface area contributed by atoms with Crippen molar-refractivity contribution in [1.29, 1.82) is 5.26 Å². The van der Waals surface area contributed by atoms with Crippen LogP contribution in [-0.4, -0.2) is 29.1 Å². The van der Waals surface area contributed by atoms with E-state index in [2.05, 4.69) is 16.4 Å². The lowest BCUT2D eigenvalue weighted by atomic mass is 10.0. The van der Waals surface area contributed by atoms with Crippen LogP contribution in [0.5, 0.6) is 5.88 Å². The molecular weight excluding hydrogens is 418 g/mol. The lowest BCUT2D eigenvalue weighted by molar-refractivity contribution is -0.137. The van der Waals surface area contributed by atoms with Crippen molar-refractivity contribution in [2.75, 3.05) is 7.11 Å². The summed E-state index contributed by atoms with van der Waals surface area (Å²) in [6.45, 7) is 0. The van der Waals surface area contributed by atoms with Crippen LogP contribution in [0.3, 0.4) is 0 Å². The summed E-state index contributed by atoms with van der Waals surface area (Å²) in [7, 11) is 1.47. The average molecular weight is 436 g/mol. The first kappa shape index (κ1) is 21.8. The smallest absolute Gasteiger partial charge is 0.305 e. The van der Waals surface area contributed by atoms with E-state index in [1.54, 1.807) is 54.6 Å². The first-order valence-electron chi connectivity index (χ1n) is 9.24. The molecule has 0 saturated heterocycles. The minimum atomic E-state index is -1.07. The van der Waals surface area contributed by atoms with Crippen LogP contribution in [0.1, 0.15) is 33.9 Å². The van der Waals surface area contributed by atoms with E-state index in [1.165, 1.54) is 13.3 Å². The fourth-order valence-corrected chi connectivity index (χ4v) is 3.35. The van der Waals surface area contributed by atoms with E-state index in [4.69, 9.17) is 21.6 Å². The van der Waals surface area contributed by atoms with Gasteiger partial charge in [0.2, 0.25) is 5.88 Å². The SMILES string of the molecule is COc1ncc(C(=O)N[C@@H](CC(=O)O)c2ccccc2Cl)cc1-c1ccc(C#N)cc1. The van der Waals surface area contributed by atoms with Gasteiger partial charge < -0.3 is 15.2 Å². The van der Waals surface area contributed by atoms with Crippen LogP contribution in [-0.2, 0) is 4.79 Å². The Hall–Kier alpha value is -3.89. The van der Waals surface area contributed by atoms with E-state index >= 15 is 0 Å². The maximum atomic E-state index is 12.9. The lowest BCUT2D eigenvalue weighted by Gasteiger charge is -2.19. The topological polar surface area (TPSA) is 112 Å². The predicted molar refractivity (Wildman–Crippen MR) is 115 cm³/mol. The Kier molecular flexibility index (Phi) is 6.85. The highest BCUT2D eigenvalue weighted by molar-refractivity contribution is 6.31. The number of nitrogens with one attached hydrogen (secondary N) is 1. The summed E-state index contributed by atoms with van der Waals surface area (Å²) in [5.41, 5.74) is 2.51. The molecule has 1 amide bonds. The third-order valence-corrected chi connectivity index (χ3v) is 4.94. The number of hydrogen-bond donors (Lipinski definition) is 2. The number of ether oxygens (including phenoxy) is 1. The van der Waals surface area contributed by atoms with Crippen molar-refractivity contribution < 1.29 is 19.4 Å². The molecule has 1 aromatic heterocycles. The molecule has 0 unspecified atom stereocenters. The highest BCUT2D eigenvalue weighted by Gasteiger charge is 2.22. The number of carbonyl (C=O) groups excluding carboxylic acids is 1. The van der Waals surface area contributed by atoms with E-state index in [0.717, 1.165) is 0 Å². The molecule has 3 aromatic rings. The molecule has 0 bridgehead atoms. The van der Waals surface area contributed by atoms with Gasteiger partial charge in [0.15, 0.2) is 0 Å². The van der Waals surface area contributed by atoms with Crippen molar-refractivity contribution in [3.05, 3.63) is 82.5 Å². The van der Waals surface area contributed by atoms with Gasteiger partial charge in [-0.15, -0.1) is 0 Å². The van der Waals surface area contributed by atoms with Crippen molar-refractivity contribution >= 4 is 23.5 Å². The second-order valence-electron chi connectivity index (χ2n) is 6.62. The number of rotatable bonds is 7. The number of carboxylic acid groups (broad SMARTS) is 1. The molecule has 2 aromatic carbocycles. The molecule has 8 heteroatoms. The van der Waals surface area contributed by atoms with E-state index in [1.807, 2.05) is 0 Å². The molecule has 3 rings (SSSR count). The van der Waals surface area contributed by atoms with Crippen LogP contribution in [0, 0.1) is 11.3 Å². The predicted octanol–water partition coefficient (Wildman–Crippen LogP) is 4.23. The number of halogens is 1. The third-order valence-electron chi connectivity index (χ3n) is 4.60. The van der Waals surface area contributed by atoms with Crippen LogP contribution < -0.4 is 10.1 Å². The highest BCUT2D eigenvalue weighted by atomic mass is 35.5. The number of benzene rings is 2. The van der Waals surface area contributed by atoms with Gasteiger partial charge in [0.25, 0.3) is 5.91 Å². The van der Waals surface area contributed by atoms with Crippen LogP contribution >= 0.6 is 11.6 Å². The molecule has 1 heterocycles. The number of carboxylic acids is 1. The Bertz CT molecular complexity index is 1160. The summed E-state index contributed by atoms with van der Waals surface area (Å²) in [5, 5.41) is 21.4. The number of pyridine rings is 1. The summed E-state index contributed by atoms with van der Waals surface area (Å²) >= 11 is 6.21. The Morgan fingerprint density at radius 2 is 1.94 bits per heavy atom. The molecule has 31 heavy (non-hydrogen) atoms. The Labute approximate surface area is 183 Å². The zero-order chi connectivity index (χ0) is 22.4. The minimum absolute atomic E-state index is 0.225. The minimum Gasteiger partial charge on any atom is -0.481 e. The maximum absolute atomic E-state index is 12.9. The van der Waals surface area contributed by atoms with Gasteiger partial charge in [-0.1, -0.05) is 41.9 Å². The zero-order valence-corrected chi connectivity index (χ0v) is 17.3. The fraction of sp³-hybridized carbons (Fsp3) is 0.130. The number of methoxy groups -OCH3 is 1. The van der Waals surface area contributed by atoms with E-state index < -0.39 is 17.9 Å². The molecule has 2 N–H and O–H groups in total. The monoisotopic (exact) mass is 435 g/mol. The van der Waals surface area contributed by atoms with Crippen LogP contribution in [0.15, 0.2) is 60.8 Å². The summed E-state index contributed by atoms with van der Waals surface area (Å²) in [6, 6.07) is 16.4. The molecule has 7 nitrogen and oxygen atoms in total. The molecule has 0 radical (unpaired) electrons. The first-order valence-corrected chi connectivity index (χ1v) is 9.62. The molecule has 0 aliphatic rings. The molecule has 0 aliphatic heterocycles. The number of hydrogen-bond acceptors (Lipinski definition) is 5. The molecule has 0 spiro atoms. The zero-order valence-electron chi connectivity index (χ0n) is 16.5. The molecule has 0 aliphatic carbocycles. The molecular formula is C23H18ClN3O4. The van der Waals surface area contributed by atoms with Gasteiger partial charge in [0.1, 0.15) is 0 Å². The third kappa shape index (κ3) is 5.18. The fourth-order valence-electron chi connectivity index (χ4n) is 3.08. The van der Waals surface area contributed by atoms with Crippen LogP contribution in [0.25, 0.3) is 11.1 Å². The van der Waals surface area contributed by atoms with E-state index in [0.29, 0.717) is 33.2 Å². The summed E-state index contributed by atoms with van der Waals surface area (Å²) < 4.78 is 5.31. The number of aromatic nitrogens is 1. The first-order chi connectivity index (χ1) is 14.9. The Morgan fingerprint density at radius 1 is 1.23 bits per heavy atom. The van der Waals surface area contributed by atoms with Gasteiger partial charge in [-0.3, -0.25) is 9.59 Å². The second-order valence-corrected chi connectivity index (χ2v) is 7.02. The van der Waals surface area contributed by atoms with Gasteiger partial charge in [-0.2, -0.15) is 5.26 Å². The van der Waals surface area contributed by atoms with Crippen molar-refractivity contribution in [2.24, 2.45) is 0 Å². The van der Waals surface area contributed by atoms with Gasteiger partial charge >= 0.3 is 5.97 Å². The number of nitriles is 1. The number of carbonyl (C=O) groups is 2. The average Bonchev–Trinajstić information content (AvgIpc) is 2.78. The van der Waals surface area contributed by atoms with E-state index in [9.17, 15) is 14.7 Å². The normalized spacial score (nSPS) is 11.3. The van der Waals surface area contributed by atoms with Gasteiger partial charge in [-0.05, 0) is 35.4 Å². The summed E-state index contributed by atoms with van der Waals surface area (Å²) in [4.78, 5) is 28.5. The molecule has 0 fully saturated rings. The quantitative estimate of drug-likeness (QED) is 0.574. The molecule has 1 atom stereocenters. The molecule has 0 saturated carbocycles. The van der Waals surface area contributed by atoms with E-state index in [-0.39, 0.29) is 12.0 Å². The Morgan fingerprint density at radius 3 is 2.55 bits per heavy atom. The maximum Gasteiger partial charge on any atom is 0.305 e.